The van der Waals surface area contributed by atoms with E-state index in [1.807, 2.05) is 19.1 Å². The highest BCUT2D eigenvalue weighted by atomic mass is 32.2. The van der Waals surface area contributed by atoms with Crippen LogP contribution in [0, 0.1) is 6.92 Å². The molecule has 2 fully saturated rings. The number of rotatable bonds is 5. The average Bonchev–Trinajstić information content (AvgIpc) is 2.80. The second-order valence-electron chi connectivity index (χ2n) is 8.31. The van der Waals surface area contributed by atoms with E-state index in [0.717, 1.165) is 56.6 Å². The average molecular weight is 443 g/mol. The highest BCUT2D eigenvalue weighted by Gasteiger charge is 2.27. The number of aryl methyl sites for hydroxylation is 1. The zero-order valence-corrected chi connectivity index (χ0v) is 18.8. The molecule has 0 bridgehead atoms. The zero-order valence-electron chi connectivity index (χ0n) is 18.0. The number of piperidine rings is 2. The molecule has 1 N–H and O–H groups in total. The van der Waals surface area contributed by atoms with Crippen LogP contribution in [-0.4, -0.2) is 49.8 Å². The summed E-state index contributed by atoms with van der Waals surface area (Å²) in [6.45, 7) is 4.71. The van der Waals surface area contributed by atoms with E-state index in [2.05, 4.69) is 15.2 Å². The molecule has 2 aliphatic heterocycles. The van der Waals surface area contributed by atoms with E-state index in [9.17, 15) is 13.2 Å². The maximum Gasteiger partial charge on any atom is 0.274 e. The fraction of sp³-hybridized carbons (Fsp3) is 0.478. The highest BCUT2D eigenvalue weighted by Crippen LogP contribution is 2.33. The van der Waals surface area contributed by atoms with Gasteiger partial charge in [0.2, 0.25) is 10.0 Å². The van der Waals surface area contributed by atoms with Crippen molar-refractivity contribution in [3.63, 3.8) is 0 Å². The number of hydrogen-bond acceptors (Lipinski definition) is 5. The molecule has 2 aliphatic rings. The summed E-state index contributed by atoms with van der Waals surface area (Å²) in [7, 11) is -3.59. The number of aromatic nitrogens is 1. The smallest absolute Gasteiger partial charge is 0.274 e. The van der Waals surface area contributed by atoms with E-state index in [0.29, 0.717) is 24.5 Å². The topological polar surface area (TPSA) is 82.6 Å². The molecule has 31 heavy (non-hydrogen) atoms. The Hall–Kier alpha value is -2.45. The van der Waals surface area contributed by atoms with Gasteiger partial charge in [0, 0.05) is 31.9 Å². The van der Waals surface area contributed by atoms with Crippen molar-refractivity contribution in [1.82, 2.24) is 9.29 Å². The van der Waals surface area contributed by atoms with Crippen molar-refractivity contribution in [3.05, 3.63) is 47.8 Å². The van der Waals surface area contributed by atoms with Gasteiger partial charge in [-0.05, 0) is 69.4 Å². The molecular weight excluding hydrogens is 412 g/mol. The Balaban J connectivity index is 1.68. The minimum atomic E-state index is -3.59. The van der Waals surface area contributed by atoms with Crippen LogP contribution in [-0.2, 0) is 10.0 Å². The van der Waals surface area contributed by atoms with Gasteiger partial charge >= 0.3 is 0 Å². The maximum absolute atomic E-state index is 13.2. The first kappa shape index (κ1) is 21.8. The first-order valence-electron chi connectivity index (χ1n) is 11.1. The van der Waals surface area contributed by atoms with E-state index in [4.69, 9.17) is 0 Å². The van der Waals surface area contributed by atoms with Crippen molar-refractivity contribution >= 4 is 27.3 Å². The van der Waals surface area contributed by atoms with Crippen LogP contribution >= 0.6 is 0 Å². The molecule has 1 aromatic carbocycles. The number of nitrogens with one attached hydrogen (secondary N) is 1. The van der Waals surface area contributed by atoms with Crippen LogP contribution in [0.4, 0.5) is 11.4 Å². The van der Waals surface area contributed by atoms with Gasteiger partial charge in [0.1, 0.15) is 5.69 Å². The predicted octanol–water partition coefficient (Wildman–Crippen LogP) is 3.81. The van der Waals surface area contributed by atoms with Crippen molar-refractivity contribution in [1.29, 1.82) is 0 Å². The lowest BCUT2D eigenvalue weighted by Crippen LogP contribution is -2.36. The number of amides is 1. The fourth-order valence-electron chi connectivity index (χ4n) is 4.30. The van der Waals surface area contributed by atoms with Crippen molar-refractivity contribution in [2.24, 2.45) is 0 Å². The van der Waals surface area contributed by atoms with E-state index in [1.54, 1.807) is 28.6 Å². The second-order valence-corrected chi connectivity index (χ2v) is 10.2. The third-order valence-electron chi connectivity index (χ3n) is 5.99. The molecule has 7 nitrogen and oxygen atoms in total. The normalized spacial score (nSPS) is 18.0. The molecule has 0 atom stereocenters. The van der Waals surface area contributed by atoms with Crippen LogP contribution in [0.5, 0.6) is 0 Å². The quantitative estimate of drug-likeness (QED) is 0.761. The summed E-state index contributed by atoms with van der Waals surface area (Å²) in [6.07, 6.45) is 6.18. The summed E-state index contributed by atoms with van der Waals surface area (Å²) in [5.41, 5.74) is 2.45. The van der Waals surface area contributed by atoms with Crippen molar-refractivity contribution in [2.45, 2.75) is 50.3 Å². The van der Waals surface area contributed by atoms with Gasteiger partial charge in [-0.1, -0.05) is 12.5 Å². The molecule has 0 unspecified atom stereocenters. The summed E-state index contributed by atoms with van der Waals surface area (Å²) < 4.78 is 28.0. The van der Waals surface area contributed by atoms with Gasteiger partial charge in [-0.2, -0.15) is 4.31 Å². The molecule has 2 aromatic rings. The molecule has 0 saturated carbocycles. The minimum Gasteiger partial charge on any atom is -0.370 e. The SMILES string of the molecule is Cc1cccc(C(=O)Nc2cc(S(=O)(=O)N3CCCCC3)ccc2N2CCCCC2)n1. The molecule has 166 valence electrons. The number of nitrogens with zero attached hydrogens (tertiary/aromatic N) is 3. The van der Waals surface area contributed by atoms with Crippen molar-refractivity contribution < 1.29 is 13.2 Å². The Labute approximate surface area is 184 Å². The number of carbonyl (C=O) groups excluding carboxylic acids is 1. The molecule has 3 heterocycles. The number of benzene rings is 1. The van der Waals surface area contributed by atoms with Gasteiger partial charge in [0.25, 0.3) is 5.91 Å². The fourth-order valence-corrected chi connectivity index (χ4v) is 5.84. The van der Waals surface area contributed by atoms with Crippen LogP contribution < -0.4 is 10.2 Å². The Morgan fingerprint density at radius 1 is 0.935 bits per heavy atom. The molecule has 2 saturated heterocycles. The first-order chi connectivity index (χ1) is 14.9. The summed E-state index contributed by atoms with van der Waals surface area (Å²) in [6, 6.07) is 10.4. The Kier molecular flexibility index (Phi) is 6.57. The van der Waals surface area contributed by atoms with Crippen molar-refractivity contribution in [3.8, 4) is 0 Å². The zero-order chi connectivity index (χ0) is 21.8. The monoisotopic (exact) mass is 442 g/mol. The molecule has 1 aromatic heterocycles. The lowest BCUT2D eigenvalue weighted by atomic mass is 10.1. The maximum atomic E-state index is 13.2. The lowest BCUT2D eigenvalue weighted by molar-refractivity contribution is 0.102. The van der Waals surface area contributed by atoms with Gasteiger partial charge in [-0.25, -0.2) is 13.4 Å². The molecular formula is C23H30N4O3S. The van der Waals surface area contributed by atoms with Crippen LogP contribution in [0.25, 0.3) is 0 Å². The third kappa shape index (κ3) is 4.91. The van der Waals surface area contributed by atoms with E-state index in [-0.39, 0.29) is 10.8 Å². The largest absolute Gasteiger partial charge is 0.370 e. The second kappa shape index (κ2) is 9.36. The molecule has 0 aliphatic carbocycles. The van der Waals surface area contributed by atoms with Crippen LogP contribution in [0.3, 0.4) is 0 Å². The Morgan fingerprint density at radius 3 is 2.29 bits per heavy atom. The molecule has 8 heteroatoms. The minimum absolute atomic E-state index is 0.225. The highest BCUT2D eigenvalue weighted by molar-refractivity contribution is 7.89. The Bertz CT molecular complexity index is 1040. The van der Waals surface area contributed by atoms with Crippen molar-refractivity contribution in [2.75, 3.05) is 36.4 Å². The van der Waals surface area contributed by atoms with Gasteiger partial charge < -0.3 is 10.2 Å². The van der Waals surface area contributed by atoms with Gasteiger partial charge in [0.15, 0.2) is 0 Å². The van der Waals surface area contributed by atoms with Crippen LogP contribution in [0.1, 0.15) is 54.7 Å². The third-order valence-corrected chi connectivity index (χ3v) is 7.88. The van der Waals surface area contributed by atoms with Crippen LogP contribution in [0.15, 0.2) is 41.3 Å². The van der Waals surface area contributed by atoms with Gasteiger partial charge in [0.05, 0.1) is 16.3 Å². The predicted molar refractivity (Wildman–Crippen MR) is 122 cm³/mol. The number of anilines is 2. The first-order valence-corrected chi connectivity index (χ1v) is 12.5. The lowest BCUT2D eigenvalue weighted by Gasteiger charge is -2.31. The van der Waals surface area contributed by atoms with Gasteiger partial charge in [-0.15, -0.1) is 0 Å². The summed E-state index contributed by atoms with van der Waals surface area (Å²) >= 11 is 0. The van der Waals surface area contributed by atoms with E-state index < -0.39 is 10.0 Å². The van der Waals surface area contributed by atoms with Gasteiger partial charge in [-0.3, -0.25) is 4.79 Å². The van der Waals surface area contributed by atoms with E-state index >= 15 is 0 Å². The molecule has 4 rings (SSSR count). The van der Waals surface area contributed by atoms with Crippen LogP contribution in [0.2, 0.25) is 0 Å². The molecule has 0 radical (unpaired) electrons. The molecule has 1 amide bonds. The molecule has 0 spiro atoms. The number of pyridine rings is 1. The van der Waals surface area contributed by atoms with E-state index in [1.165, 1.54) is 6.42 Å². The summed E-state index contributed by atoms with van der Waals surface area (Å²) in [5, 5.41) is 2.94. The Morgan fingerprint density at radius 2 is 1.61 bits per heavy atom. The number of sulfonamides is 1. The standard InChI is InChI=1S/C23H30N4O3S/c1-18-9-8-10-20(24-18)23(28)25-21-17-19(31(29,30)27-15-6-3-7-16-27)11-12-22(21)26-13-4-2-5-14-26/h8-12,17H,2-7,13-16H2,1H3,(H,25,28). The number of carbonyl (C=O) groups is 1. The summed E-state index contributed by atoms with van der Waals surface area (Å²) in [4.78, 5) is 19.7. The number of hydrogen-bond donors (Lipinski definition) is 1. The summed E-state index contributed by atoms with van der Waals surface area (Å²) in [5.74, 6) is -0.338.